The number of aryl methyl sites for hydroxylation is 1. The molecule has 68 valence electrons. The van der Waals surface area contributed by atoms with E-state index in [9.17, 15) is 8.42 Å². The van der Waals surface area contributed by atoms with E-state index in [4.69, 9.17) is 0 Å². The van der Waals surface area contributed by atoms with Crippen LogP contribution in [0, 0.1) is 6.92 Å². The minimum Gasteiger partial charge on any atom is -0.314 e. The van der Waals surface area contributed by atoms with Crippen molar-refractivity contribution in [1.29, 1.82) is 0 Å². The highest BCUT2D eigenvalue weighted by atomic mass is 32.2. The minimum atomic E-state index is -3.31. The van der Waals surface area contributed by atoms with Gasteiger partial charge in [0.25, 0.3) is 0 Å². The van der Waals surface area contributed by atoms with E-state index in [1.54, 1.807) is 6.92 Å². The summed E-state index contributed by atoms with van der Waals surface area (Å²) in [6, 6.07) is -0.0886. The Kier molecular flexibility index (Phi) is 2.32. The smallest absolute Gasteiger partial charge is 0.314 e. The zero-order chi connectivity index (χ0) is 9.19. The molecule has 7 heteroatoms. The van der Waals surface area contributed by atoms with Crippen LogP contribution in [0.5, 0.6) is 0 Å². The summed E-state index contributed by atoms with van der Waals surface area (Å²) < 4.78 is 28.5. The van der Waals surface area contributed by atoms with Gasteiger partial charge in [0.05, 0.1) is 5.75 Å². The molecule has 0 saturated carbocycles. The molecule has 1 rings (SSSR count). The number of aromatic nitrogens is 2. The van der Waals surface area contributed by atoms with Crippen LogP contribution in [-0.4, -0.2) is 24.3 Å². The molecule has 12 heavy (non-hydrogen) atoms. The Morgan fingerprint density at radius 2 is 2.25 bits per heavy atom. The molecule has 0 aliphatic rings. The molecule has 0 bridgehead atoms. The van der Waals surface area contributed by atoms with Crippen molar-refractivity contribution in [3.63, 3.8) is 0 Å². The lowest BCUT2D eigenvalue weighted by Gasteiger charge is -1.97. The Morgan fingerprint density at radius 3 is 2.67 bits per heavy atom. The van der Waals surface area contributed by atoms with Gasteiger partial charge in [0.1, 0.15) is 0 Å². The highest BCUT2D eigenvalue weighted by Crippen LogP contribution is 2.04. The summed E-state index contributed by atoms with van der Waals surface area (Å²) in [4.78, 5) is 3.68. The van der Waals surface area contributed by atoms with E-state index in [0.717, 1.165) is 0 Å². The van der Waals surface area contributed by atoms with Gasteiger partial charge in [-0.15, -0.1) is 0 Å². The van der Waals surface area contributed by atoms with Crippen LogP contribution in [0.1, 0.15) is 12.7 Å². The van der Waals surface area contributed by atoms with E-state index in [-0.39, 0.29) is 11.8 Å². The molecule has 1 aromatic heterocycles. The van der Waals surface area contributed by atoms with E-state index < -0.39 is 10.0 Å². The van der Waals surface area contributed by atoms with Gasteiger partial charge in [0, 0.05) is 0 Å². The molecular weight excluding hydrogens is 182 g/mol. The van der Waals surface area contributed by atoms with Crippen molar-refractivity contribution in [2.24, 2.45) is 0 Å². The molecule has 0 amide bonds. The Morgan fingerprint density at radius 1 is 1.58 bits per heavy atom. The van der Waals surface area contributed by atoms with Crippen LogP contribution in [0.4, 0.5) is 6.01 Å². The van der Waals surface area contributed by atoms with Gasteiger partial charge in [-0.3, -0.25) is 0 Å². The van der Waals surface area contributed by atoms with Gasteiger partial charge in [-0.05, 0) is 13.8 Å². The molecule has 0 spiro atoms. The van der Waals surface area contributed by atoms with Gasteiger partial charge >= 0.3 is 6.01 Å². The van der Waals surface area contributed by atoms with E-state index in [1.807, 2.05) is 0 Å². The molecule has 0 atom stereocenters. The predicted octanol–water partition coefficient (Wildman–Crippen LogP) is 0.140. The molecule has 1 aromatic rings. The summed E-state index contributed by atoms with van der Waals surface area (Å²) in [7, 11) is -3.31. The molecule has 0 fully saturated rings. The maximum atomic E-state index is 10.9. The minimum absolute atomic E-state index is 0.0194. The zero-order valence-electron chi connectivity index (χ0n) is 6.73. The van der Waals surface area contributed by atoms with Gasteiger partial charge in [-0.1, -0.05) is 5.16 Å². The third kappa shape index (κ3) is 2.19. The molecule has 1 N–H and O–H groups in total. The predicted molar refractivity (Wildman–Crippen MR) is 42.1 cm³/mol. The van der Waals surface area contributed by atoms with Crippen molar-refractivity contribution in [1.82, 2.24) is 10.1 Å². The number of sulfonamides is 1. The number of anilines is 1. The third-order valence-electron chi connectivity index (χ3n) is 1.15. The topological polar surface area (TPSA) is 85.1 Å². The summed E-state index contributed by atoms with van der Waals surface area (Å²) in [5.74, 6) is 0.373. The van der Waals surface area contributed by atoms with Crippen LogP contribution in [-0.2, 0) is 10.0 Å². The monoisotopic (exact) mass is 191 g/mol. The van der Waals surface area contributed by atoms with Gasteiger partial charge in [-0.25, -0.2) is 13.1 Å². The Hall–Kier alpha value is -1.11. The Labute approximate surface area is 70.0 Å². The summed E-state index contributed by atoms with van der Waals surface area (Å²) in [5, 5.41) is 3.42. The fraction of sp³-hybridized carbons (Fsp3) is 0.600. The van der Waals surface area contributed by atoms with E-state index in [0.29, 0.717) is 5.82 Å². The third-order valence-corrected chi connectivity index (χ3v) is 2.40. The van der Waals surface area contributed by atoms with E-state index >= 15 is 0 Å². The zero-order valence-corrected chi connectivity index (χ0v) is 7.55. The Balaban J connectivity index is 2.77. The SMILES string of the molecule is CCS(=O)(=O)Nc1nc(C)no1. The number of hydrogen-bond acceptors (Lipinski definition) is 5. The summed E-state index contributed by atoms with van der Waals surface area (Å²) in [5.41, 5.74) is 0. The number of hydrogen-bond donors (Lipinski definition) is 1. The first kappa shape index (κ1) is 8.98. The van der Waals surface area contributed by atoms with Crippen molar-refractivity contribution in [3.05, 3.63) is 5.82 Å². The average Bonchev–Trinajstić information content (AvgIpc) is 2.35. The van der Waals surface area contributed by atoms with Crippen molar-refractivity contribution in [2.75, 3.05) is 10.5 Å². The fourth-order valence-corrected chi connectivity index (χ4v) is 1.04. The van der Waals surface area contributed by atoms with Crippen molar-refractivity contribution >= 4 is 16.0 Å². The van der Waals surface area contributed by atoms with Crippen molar-refractivity contribution < 1.29 is 12.9 Å². The number of rotatable bonds is 3. The molecule has 0 radical (unpaired) electrons. The fourth-order valence-electron chi connectivity index (χ4n) is 0.544. The largest absolute Gasteiger partial charge is 0.335 e. The van der Waals surface area contributed by atoms with E-state index in [2.05, 4.69) is 19.4 Å². The molecule has 1 heterocycles. The normalized spacial score (nSPS) is 11.5. The van der Waals surface area contributed by atoms with Crippen LogP contribution >= 0.6 is 0 Å². The lowest BCUT2D eigenvalue weighted by atomic mass is 10.8. The molecule has 0 aliphatic carbocycles. The van der Waals surface area contributed by atoms with Gasteiger partial charge < -0.3 is 4.52 Å². The highest BCUT2D eigenvalue weighted by Gasteiger charge is 2.10. The second-order valence-electron chi connectivity index (χ2n) is 2.15. The molecular formula is C5H9N3O3S. The Bertz CT molecular complexity index is 356. The van der Waals surface area contributed by atoms with E-state index in [1.165, 1.54) is 6.92 Å². The summed E-state index contributed by atoms with van der Waals surface area (Å²) >= 11 is 0. The van der Waals surface area contributed by atoms with Gasteiger partial charge in [0.15, 0.2) is 5.82 Å². The van der Waals surface area contributed by atoms with Gasteiger partial charge in [0.2, 0.25) is 10.0 Å². The number of nitrogens with zero attached hydrogens (tertiary/aromatic N) is 2. The average molecular weight is 191 g/mol. The first-order valence-corrected chi connectivity index (χ1v) is 4.99. The molecule has 6 nitrogen and oxygen atoms in total. The van der Waals surface area contributed by atoms with Crippen molar-refractivity contribution in [2.45, 2.75) is 13.8 Å². The molecule has 0 saturated heterocycles. The summed E-state index contributed by atoms with van der Waals surface area (Å²) in [6.07, 6.45) is 0. The maximum absolute atomic E-state index is 10.9. The van der Waals surface area contributed by atoms with Crippen LogP contribution in [0.25, 0.3) is 0 Å². The molecule has 0 unspecified atom stereocenters. The summed E-state index contributed by atoms with van der Waals surface area (Å²) in [6.45, 7) is 3.12. The van der Waals surface area contributed by atoms with Crippen molar-refractivity contribution in [3.8, 4) is 0 Å². The van der Waals surface area contributed by atoms with Crippen LogP contribution < -0.4 is 4.72 Å². The quantitative estimate of drug-likeness (QED) is 0.734. The standard InChI is InChI=1S/C5H9N3O3S/c1-3-12(9,10)8-5-6-4(2)7-11-5/h3H2,1-2H3,(H,6,7,8). The first-order valence-electron chi connectivity index (χ1n) is 3.34. The maximum Gasteiger partial charge on any atom is 0.335 e. The first-order chi connectivity index (χ1) is 5.53. The molecule has 0 aliphatic heterocycles. The molecule has 0 aromatic carbocycles. The van der Waals surface area contributed by atoms with Crippen LogP contribution in [0.15, 0.2) is 4.52 Å². The second-order valence-corrected chi connectivity index (χ2v) is 4.16. The highest BCUT2D eigenvalue weighted by molar-refractivity contribution is 7.92. The number of nitrogens with one attached hydrogen (secondary N) is 1. The second kappa shape index (κ2) is 3.10. The van der Waals surface area contributed by atoms with Gasteiger partial charge in [-0.2, -0.15) is 4.98 Å². The lowest BCUT2D eigenvalue weighted by Crippen LogP contribution is -2.14. The van der Waals surface area contributed by atoms with Crippen LogP contribution in [0.3, 0.4) is 0 Å². The lowest BCUT2D eigenvalue weighted by molar-refractivity contribution is 0.429. The van der Waals surface area contributed by atoms with Crippen LogP contribution in [0.2, 0.25) is 0 Å².